The molecule has 0 aromatic heterocycles. The Bertz CT molecular complexity index is 613. The zero-order chi connectivity index (χ0) is 13.9. The second kappa shape index (κ2) is 5.43. The minimum Gasteiger partial charge on any atom is -0.493 e. The van der Waals surface area contributed by atoms with E-state index >= 15 is 0 Å². The van der Waals surface area contributed by atoms with Gasteiger partial charge in [-0.1, -0.05) is 24.3 Å². The Morgan fingerprint density at radius 2 is 1.80 bits per heavy atom. The molecule has 4 heteroatoms. The second-order valence-corrected chi connectivity index (χ2v) is 4.73. The van der Waals surface area contributed by atoms with Gasteiger partial charge in [0.2, 0.25) is 0 Å². The van der Waals surface area contributed by atoms with Crippen LogP contribution in [0.15, 0.2) is 42.5 Å². The van der Waals surface area contributed by atoms with Crippen LogP contribution >= 0.6 is 0 Å². The van der Waals surface area contributed by atoms with Gasteiger partial charge in [-0.15, -0.1) is 0 Å². The van der Waals surface area contributed by atoms with Gasteiger partial charge in [-0.25, -0.2) is 0 Å². The molecule has 104 valence electrons. The first-order valence-corrected chi connectivity index (χ1v) is 6.61. The summed E-state index contributed by atoms with van der Waals surface area (Å²) in [7, 11) is 3.30. The molecule has 0 fully saturated rings. The normalized spacial score (nSPS) is 17.0. The van der Waals surface area contributed by atoms with E-state index in [0.717, 1.165) is 23.6 Å². The largest absolute Gasteiger partial charge is 0.493 e. The summed E-state index contributed by atoms with van der Waals surface area (Å²) in [6.07, 6.45) is 0.0738. The quantitative estimate of drug-likeness (QED) is 0.900. The number of nitrogens with one attached hydrogen (secondary N) is 2. The molecule has 0 bridgehead atoms. The van der Waals surface area contributed by atoms with Gasteiger partial charge >= 0.3 is 0 Å². The van der Waals surface area contributed by atoms with Crippen LogP contribution in [0.5, 0.6) is 11.5 Å². The van der Waals surface area contributed by atoms with Crippen molar-refractivity contribution in [2.45, 2.75) is 12.7 Å². The SMILES string of the molecule is COc1ccc([C@H]2NCc3ccccc3N2)cc1OC. The molecule has 2 aromatic rings. The van der Waals surface area contributed by atoms with Crippen molar-refractivity contribution in [1.82, 2.24) is 5.32 Å². The molecule has 0 radical (unpaired) electrons. The summed E-state index contributed by atoms with van der Waals surface area (Å²) < 4.78 is 10.6. The maximum absolute atomic E-state index is 5.36. The van der Waals surface area contributed by atoms with Crippen LogP contribution in [-0.2, 0) is 6.54 Å². The van der Waals surface area contributed by atoms with E-state index in [0.29, 0.717) is 0 Å². The highest BCUT2D eigenvalue weighted by Crippen LogP contribution is 2.32. The fourth-order valence-electron chi connectivity index (χ4n) is 2.47. The van der Waals surface area contributed by atoms with Crippen LogP contribution in [0.1, 0.15) is 17.3 Å². The summed E-state index contributed by atoms with van der Waals surface area (Å²) in [6, 6.07) is 14.3. The summed E-state index contributed by atoms with van der Waals surface area (Å²) in [5.74, 6) is 1.49. The molecule has 0 spiro atoms. The van der Waals surface area contributed by atoms with Gasteiger partial charge < -0.3 is 14.8 Å². The van der Waals surface area contributed by atoms with E-state index < -0.39 is 0 Å². The topological polar surface area (TPSA) is 42.5 Å². The maximum Gasteiger partial charge on any atom is 0.161 e. The third-order valence-corrected chi connectivity index (χ3v) is 3.55. The number of fused-ring (bicyclic) bond motifs is 1. The molecule has 0 unspecified atom stereocenters. The summed E-state index contributed by atoms with van der Waals surface area (Å²) in [5, 5.41) is 6.97. The van der Waals surface area contributed by atoms with Crippen LogP contribution in [0.25, 0.3) is 0 Å². The van der Waals surface area contributed by atoms with Crippen LogP contribution in [0, 0.1) is 0 Å². The third-order valence-electron chi connectivity index (χ3n) is 3.55. The first-order valence-electron chi connectivity index (χ1n) is 6.61. The zero-order valence-electron chi connectivity index (χ0n) is 11.6. The van der Waals surface area contributed by atoms with Gasteiger partial charge in [0.15, 0.2) is 11.5 Å². The number of hydrogen-bond donors (Lipinski definition) is 2. The van der Waals surface area contributed by atoms with Gasteiger partial charge in [0.25, 0.3) is 0 Å². The molecular weight excluding hydrogens is 252 g/mol. The van der Waals surface area contributed by atoms with Crippen molar-refractivity contribution in [3.05, 3.63) is 53.6 Å². The van der Waals surface area contributed by atoms with Crippen molar-refractivity contribution in [3.8, 4) is 11.5 Å². The Morgan fingerprint density at radius 1 is 1.00 bits per heavy atom. The van der Waals surface area contributed by atoms with Crippen LogP contribution < -0.4 is 20.1 Å². The lowest BCUT2D eigenvalue weighted by Gasteiger charge is -2.29. The van der Waals surface area contributed by atoms with Crippen molar-refractivity contribution >= 4 is 5.69 Å². The molecule has 1 aliphatic rings. The molecule has 1 atom stereocenters. The van der Waals surface area contributed by atoms with Crippen molar-refractivity contribution in [2.75, 3.05) is 19.5 Å². The van der Waals surface area contributed by atoms with Crippen molar-refractivity contribution < 1.29 is 9.47 Å². The molecular formula is C16H18N2O2. The molecule has 0 saturated heterocycles. The number of benzene rings is 2. The second-order valence-electron chi connectivity index (χ2n) is 4.73. The Morgan fingerprint density at radius 3 is 2.60 bits per heavy atom. The van der Waals surface area contributed by atoms with Gasteiger partial charge in [0.1, 0.15) is 6.17 Å². The fraction of sp³-hybridized carbons (Fsp3) is 0.250. The van der Waals surface area contributed by atoms with E-state index in [4.69, 9.17) is 9.47 Å². The average molecular weight is 270 g/mol. The predicted molar refractivity (Wildman–Crippen MR) is 79.2 cm³/mol. The number of para-hydroxylation sites is 1. The van der Waals surface area contributed by atoms with Crippen LogP contribution in [-0.4, -0.2) is 14.2 Å². The molecule has 1 aliphatic heterocycles. The van der Waals surface area contributed by atoms with Crippen molar-refractivity contribution in [2.24, 2.45) is 0 Å². The molecule has 0 aliphatic carbocycles. The van der Waals surface area contributed by atoms with Crippen molar-refractivity contribution in [3.63, 3.8) is 0 Å². The minimum absolute atomic E-state index is 0.0738. The lowest BCUT2D eigenvalue weighted by molar-refractivity contribution is 0.354. The first-order chi connectivity index (χ1) is 9.81. The summed E-state index contributed by atoms with van der Waals surface area (Å²) in [6.45, 7) is 0.849. The molecule has 0 saturated carbocycles. The molecule has 4 nitrogen and oxygen atoms in total. The van der Waals surface area contributed by atoms with E-state index in [1.54, 1.807) is 14.2 Å². The minimum atomic E-state index is 0.0738. The number of methoxy groups -OCH3 is 2. The fourth-order valence-corrected chi connectivity index (χ4v) is 2.47. The lowest BCUT2D eigenvalue weighted by Crippen LogP contribution is -2.32. The predicted octanol–water partition coefficient (Wildman–Crippen LogP) is 2.92. The summed E-state index contributed by atoms with van der Waals surface area (Å²) >= 11 is 0. The lowest BCUT2D eigenvalue weighted by atomic mass is 10.1. The van der Waals surface area contributed by atoms with E-state index in [2.05, 4.69) is 28.8 Å². The average Bonchev–Trinajstić information content (AvgIpc) is 2.53. The molecule has 2 aromatic carbocycles. The highest BCUT2D eigenvalue weighted by Gasteiger charge is 2.19. The maximum atomic E-state index is 5.36. The van der Waals surface area contributed by atoms with Gasteiger partial charge in [0, 0.05) is 12.2 Å². The Balaban J connectivity index is 1.88. The monoisotopic (exact) mass is 270 g/mol. The smallest absolute Gasteiger partial charge is 0.161 e. The highest BCUT2D eigenvalue weighted by atomic mass is 16.5. The van der Waals surface area contributed by atoms with Crippen LogP contribution in [0.3, 0.4) is 0 Å². The number of ether oxygens (including phenoxy) is 2. The Kier molecular flexibility index (Phi) is 3.48. The molecule has 1 heterocycles. The molecule has 0 amide bonds. The van der Waals surface area contributed by atoms with Crippen molar-refractivity contribution in [1.29, 1.82) is 0 Å². The number of hydrogen-bond acceptors (Lipinski definition) is 4. The number of rotatable bonds is 3. The Labute approximate surface area is 118 Å². The molecule has 20 heavy (non-hydrogen) atoms. The van der Waals surface area contributed by atoms with Gasteiger partial charge in [-0.05, 0) is 29.3 Å². The standard InChI is InChI=1S/C16H18N2O2/c1-19-14-8-7-11(9-15(14)20-2)16-17-10-12-5-3-4-6-13(12)18-16/h3-9,16-18H,10H2,1-2H3/t16-/m0/s1. The Hall–Kier alpha value is -2.20. The highest BCUT2D eigenvalue weighted by molar-refractivity contribution is 5.55. The zero-order valence-corrected chi connectivity index (χ0v) is 11.6. The van der Waals surface area contributed by atoms with Gasteiger partial charge in [-0.2, -0.15) is 0 Å². The first kappa shape index (κ1) is 12.8. The summed E-state index contributed by atoms with van der Waals surface area (Å²) in [4.78, 5) is 0. The van der Waals surface area contributed by atoms with E-state index in [1.807, 2.05) is 24.3 Å². The third kappa shape index (κ3) is 2.30. The van der Waals surface area contributed by atoms with Gasteiger partial charge in [0.05, 0.1) is 14.2 Å². The van der Waals surface area contributed by atoms with Gasteiger partial charge in [-0.3, -0.25) is 5.32 Å². The number of anilines is 1. The summed E-state index contributed by atoms with van der Waals surface area (Å²) in [5.41, 5.74) is 3.58. The van der Waals surface area contributed by atoms with Crippen LogP contribution in [0.2, 0.25) is 0 Å². The van der Waals surface area contributed by atoms with E-state index in [1.165, 1.54) is 11.3 Å². The molecule has 2 N–H and O–H groups in total. The van der Waals surface area contributed by atoms with E-state index in [-0.39, 0.29) is 6.17 Å². The van der Waals surface area contributed by atoms with Crippen LogP contribution in [0.4, 0.5) is 5.69 Å². The van der Waals surface area contributed by atoms with E-state index in [9.17, 15) is 0 Å². The molecule has 3 rings (SSSR count).